The molecule has 24 heavy (non-hydrogen) atoms. The average molecular weight is 337 g/mol. The molecule has 9 heteroatoms. The zero-order valence-electron chi connectivity index (χ0n) is 12.3. The summed E-state index contributed by atoms with van der Waals surface area (Å²) < 4.78 is 40.3. The molecule has 0 fully saturated rings. The molecule has 0 aliphatic heterocycles. The third kappa shape index (κ3) is 5.20. The van der Waals surface area contributed by atoms with Gasteiger partial charge in [-0.05, 0) is 35.4 Å². The second kappa shape index (κ2) is 6.90. The number of nitrogens with zero attached hydrogens (tertiary/aromatic N) is 2. The van der Waals surface area contributed by atoms with Crippen LogP contribution in [0.1, 0.15) is 0 Å². The molecule has 0 amide bonds. The molecule has 0 heterocycles. The normalized spacial score (nSPS) is 11.9. The van der Waals surface area contributed by atoms with Crippen LogP contribution in [-0.2, 0) is 0 Å². The largest absolute Gasteiger partial charge is 0.573 e. The van der Waals surface area contributed by atoms with Crippen molar-refractivity contribution in [3.63, 3.8) is 0 Å². The molecule has 2 rings (SSSR count). The Bertz CT molecular complexity index is 765. The van der Waals surface area contributed by atoms with E-state index in [1.807, 2.05) is 0 Å². The first-order valence-corrected chi connectivity index (χ1v) is 6.63. The predicted molar refractivity (Wildman–Crippen MR) is 85.7 cm³/mol. The molecular weight excluding hydrogens is 323 g/mol. The van der Waals surface area contributed by atoms with E-state index in [0.717, 1.165) is 5.56 Å². The maximum absolute atomic E-state index is 12.2. The number of hydrogen-bond donors (Lipinski definition) is 3. The summed E-state index contributed by atoms with van der Waals surface area (Å²) in [5.41, 5.74) is 17.9. The molecule has 6 N–H and O–H groups in total. The number of halogens is 3. The van der Waals surface area contributed by atoms with Crippen molar-refractivity contribution in [2.75, 3.05) is 0 Å². The van der Waals surface area contributed by atoms with E-state index in [1.54, 1.807) is 24.3 Å². The van der Waals surface area contributed by atoms with Crippen LogP contribution in [0.2, 0.25) is 0 Å². The highest BCUT2D eigenvalue weighted by Gasteiger charge is 2.30. The number of ether oxygens (including phenoxy) is 1. The molecule has 0 aromatic heterocycles. The van der Waals surface area contributed by atoms with Gasteiger partial charge in [0, 0.05) is 0 Å². The summed E-state index contributed by atoms with van der Waals surface area (Å²) in [4.78, 5) is 7.62. The Labute approximate surface area is 135 Å². The Morgan fingerprint density at radius 1 is 0.917 bits per heavy atom. The molecule has 2 aromatic carbocycles. The number of nitrogens with two attached hydrogens (primary N) is 3. The maximum atomic E-state index is 12.2. The lowest BCUT2D eigenvalue weighted by Crippen LogP contribution is -2.26. The van der Waals surface area contributed by atoms with Crippen LogP contribution in [-0.4, -0.2) is 18.3 Å². The van der Waals surface area contributed by atoms with Gasteiger partial charge in [0.25, 0.3) is 0 Å². The summed E-state index contributed by atoms with van der Waals surface area (Å²) in [5, 5.41) is 0. The Morgan fingerprint density at radius 2 is 1.58 bits per heavy atom. The highest BCUT2D eigenvalue weighted by Crippen LogP contribution is 2.28. The second-order valence-corrected chi connectivity index (χ2v) is 4.63. The van der Waals surface area contributed by atoms with Gasteiger partial charge in [0.15, 0.2) is 5.96 Å². The first-order chi connectivity index (χ1) is 11.2. The van der Waals surface area contributed by atoms with Crippen LogP contribution >= 0.6 is 0 Å². The van der Waals surface area contributed by atoms with Crippen LogP contribution in [0.15, 0.2) is 58.5 Å². The molecule has 0 aliphatic carbocycles. The first-order valence-electron chi connectivity index (χ1n) is 6.63. The minimum absolute atomic E-state index is 0.110. The summed E-state index contributed by atoms with van der Waals surface area (Å²) in [5.74, 6) is -0.619. The van der Waals surface area contributed by atoms with Gasteiger partial charge in [-0.15, -0.1) is 13.2 Å². The first kappa shape index (κ1) is 17.1. The van der Waals surface area contributed by atoms with Crippen LogP contribution in [0, 0.1) is 0 Å². The van der Waals surface area contributed by atoms with Gasteiger partial charge in [0.1, 0.15) is 5.75 Å². The maximum Gasteiger partial charge on any atom is 0.573 e. The van der Waals surface area contributed by atoms with Gasteiger partial charge in [-0.3, -0.25) is 0 Å². The van der Waals surface area contributed by atoms with E-state index in [2.05, 4.69) is 14.7 Å². The van der Waals surface area contributed by atoms with E-state index < -0.39 is 6.36 Å². The molecule has 0 saturated carbocycles. The molecule has 0 atom stereocenters. The summed E-state index contributed by atoms with van der Waals surface area (Å²) >= 11 is 0. The molecule has 0 unspecified atom stereocenters. The van der Waals surface area contributed by atoms with Crippen molar-refractivity contribution in [1.82, 2.24) is 0 Å². The van der Waals surface area contributed by atoms with E-state index in [0.29, 0.717) is 11.3 Å². The molecule has 2 aromatic rings. The molecule has 0 bridgehead atoms. The minimum atomic E-state index is -4.72. The fourth-order valence-corrected chi connectivity index (χ4v) is 1.89. The molecular formula is C15H14F3N5O. The van der Waals surface area contributed by atoms with Gasteiger partial charge < -0.3 is 21.9 Å². The van der Waals surface area contributed by atoms with Crippen molar-refractivity contribution >= 4 is 17.6 Å². The van der Waals surface area contributed by atoms with Gasteiger partial charge in [-0.25, -0.2) is 4.99 Å². The molecule has 0 spiro atoms. The number of rotatable bonds is 3. The molecule has 0 aliphatic rings. The smallest absolute Gasteiger partial charge is 0.406 e. The molecule has 126 valence electrons. The van der Waals surface area contributed by atoms with E-state index >= 15 is 0 Å². The number of aliphatic imine (C=N–C) groups is 2. The van der Waals surface area contributed by atoms with Gasteiger partial charge >= 0.3 is 6.36 Å². The summed E-state index contributed by atoms with van der Waals surface area (Å²) in [6.07, 6.45) is -4.72. The highest BCUT2D eigenvalue weighted by molar-refractivity contribution is 5.93. The predicted octanol–water partition coefficient (Wildman–Crippen LogP) is 2.47. The Balaban J connectivity index is 2.24. The fourth-order valence-electron chi connectivity index (χ4n) is 1.89. The van der Waals surface area contributed by atoms with Gasteiger partial charge in [-0.2, -0.15) is 4.99 Å². The number of alkyl halides is 3. The van der Waals surface area contributed by atoms with Crippen molar-refractivity contribution < 1.29 is 17.9 Å². The minimum Gasteiger partial charge on any atom is -0.406 e. The lowest BCUT2D eigenvalue weighted by atomic mass is 10.1. The van der Waals surface area contributed by atoms with Gasteiger partial charge in [-0.1, -0.05) is 24.3 Å². The van der Waals surface area contributed by atoms with Crippen LogP contribution in [0.3, 0.4) is 0 Å². The van der Waals surface area contributed by atoms with E-state index in [1.165, 1.54) is 24.3 Å². The highest BCUT2D eigenvalue weighted by atomic mass is 19.4. The SMILES string of the molecule is NC(N)=NC(N)=Nc1cccc(-c2ccc(OC(F)(F)F)cc2)c1. The standard InChI is InChI=1S/C15H14F3N5O/c16-15(17,18)24-12-6-4-9(5-7-12)10-2-1-3-11(8-10)22-14(21)23-13(19)20/h1-8H,(H6,19,20,21,22,23). The van der Waals surface area contributed by atoms with Crippen molar-refractivity contribution in [2.24, 2.45) is 27.2 Å². The van der Waals surface area contributed by atoms with E-state index in [-0.39, 0.29) is 17.7 Å². The zero-order chi connectivity index (χ0) is 17.7. The fraction of sp³-hybridized carbons (Fsp3) is 0.0667. The molecule has 6 nitrogen and oxygen atoms in total. The van der Waals surface area contributed by atoms with Crippen molar-refractivity contribution in [2.45, 2.75) is 6.36 Å². The summed E-state index contributed by atoms with van der Waals surface area (Å²) in [7, 11) is 0. The Kier molecular flexibility index (Phi) is 4.93. The Morgan fingerprint density at radius 3 is 2.17 bits per heavy atom. The van der Waals surface area contributed by atoms with Crippen molar-refractivity contribution in [3.05, 3.63) is 48.5 Å². The van der Waals surface area contributed by atoms with Crippen molar-refractivity contribution in [1.29, 1.82) is 0 Å². The zero-order valence-corrected chi connectivity index (χ0v) is 12.3. The lowest BCUT2D eigenvalue weighted by molar-refractivity contribution is -0.274. The number of guanidine groups is 2. The van der Waals surface area contributed by atoms with Crippen LogP contribution in [0.25, 0.3) is 11.1 Å². The van der Waals surface area contributed by atoms with Crippen molar-refractivity contribution in [3.8, 4) is 16.9 Å². The third-order valence-electron chi connectivity index (χ3n) is 2.75. The molecule has 0 radical (unpaired) electrons. The monoisotopic (exact) mass is 337 g/mol. The third-order valence-corrected chi connectivity index (χ3v) is 2.75. The number of hydrogen-bond acceptors (Lipinski definition) is 2. The topological polar surface area (TPSA) is 112 Å². The van der Waals surface area contributed by atoms with Crippen LogP contribution in [0.4, 0.5) is 18.9 Å². The lowest BCUT2D eigenvalue weighted by Gasteiger charge is -2.09. The quantitative estimate of drug-likeness (QED) is 0.590. The summed E-state index contributed by atoms with van der Waals surface area (Å²) in [6, 6.07) is 12.3. The van der Waals surface area contributed by atoms with Gasteiger partial charge in [0.2, 0.25) is 5.96 Å². The van der Waals surface area contributed by atoms with Gasteiger partial charge in [0.05, 0.1) is 5.69 Å². The number of benzene rings is 2. The second-order valence-electron chi connectivity index (χ2n) is 4.63. The summed E-state index contributed by atoms with van der Waals surface area (Å²) in [6.45, 7) is 0. The van der Waals surface area contributed by atoms with E-state index in [9.17, 15) is 13.2 Å². The van der Waals surface area contributed by atoms with Crippen LogP contribution < -0.4 is 21.9 Å². The Hall–Kier alpha value is -3.23. The van der Waals surface area contributed by atoms with Crippen LogP contribution in [0.5, 0.6) is 5.75 Å². The average Bonchev–Trinajstić information content (AvgIpc) is 2.45. The molecule has 0 saturated heterocycles. The van der Waals surface area contributed by atoms with E-state index in [4.69, 9.17) is 17.2 Å².